The Morgan fingerprint density at radius 1 is 1.19 bits per heavy atom. The molecule has 0 aliphatic heterocycles. The summed E-state index contributed by atoms with van der Waals surface area (Å²) in [5.74, 6) is 0.457. The highest BCUT2D eigenvalue weighted by Crippen LogP contribution is 2.30. The fourth-order valence-electron chi connectivity index (χ4n) is 2.85. The van der Waals surface area contributed by atoms with Crippen LogP contribution in [0.15, 0.2) is 41.7 Å². The van der Waals surface area contributed by atoms with E-state index in [1.54, 1.807) is 13.1 Å². The number of H-pyrrole nitrogens is 1. The van der Waals surface area contributed by atoms with Crippen LogP contribution in [-0.4, -0.2) is 28.0 Å². The van der Waals surface area contributed by atoms with E-state index in [-0.39, 0.29) is 5.56 Å². The van der Waals surface area contributed by atoms with Gasteiger partial charge in [-0.2, -0.15) is 4.98 Å². The highest BCUT2D eigenvalue weighted by Gasteiger charge is 2.14. The van der Waals surface area contributed by atoms with Crippen LogP contribution in [0.4, 0.5) is 5.95 Å². The monoisotopic (exact) mass is 349 g/mol. The van der Waals surface area contributed by atoms with Gasteiger partial charge in [-0.05, 0) is 44.0 Å². The van der Waals surface area contributed by atoms with Gasteiger partial charge in [0.2, 0.25) is 11.5 Å². The third kappa shape index (κ3) is 3.44. The first kappa shape index (κ1) is 17.7. The molecule has 2 heterocycles. The topological polar surface area (TPSA) is 82.7 Å². The molecule has 0 atom stereocenters. The smallest absolute Gasteiger partial charge is 0.249 e. The molecule has 6 heteroatoms. The maximum atomic E-state index is 11.7. The van der Waals surface area contributed by atoms with E-state index in [4.69, 9.17) is 0 Å². The third-order valence-corrected chi connectivity index (χ3v) is 4.12. The number of rotatable bonds is 5. The molecule has 2 aromatic heterocycles. The molecule has 0 radical (unpaired) electrons. The summed E-state index contributed by atoms with van der Waals surface area (Å²) in [4.78, 5) is 23.5. The Kier molecular flexibility index (Phi) is 4.75. The Morgan fingerprint density at radius 2 is 1.96 bits per heavy atom. The van der Waals surface area contributed by atoms with Gasteiger partial charge >= 0.3 is 0 Å². The van der Waals surface area contributed by atoms with E-state index in [0.29, 0.717) is 17.6 Å². The van der Waals surface area contributed by atoms with Gasteiger partial charge in [0.25, 0.3) is 0 Å². The van der Waals surface area contributed by atoms with Crippen molar-refractivity contribution in [2.75, 3.05) is 12.4 Å². The number of aromatic nitrogens is 3. The van der Waals surface area contributed by atoms with E-state index < -0.39 is 0 Å². The molecule has 0 saturated heterocycles. The number of fused-ring (bicyclic) bond motifs is 1. The highest BCUT2D eigenvalue weighted by molar-refractivity contribution is 5.92. The summed E-state index contributed by atoms with van der Waals surface area (Å²) >= 11 is 0. The summed E-state index contributed by atoms with van der Waals surface area (Å²) < 4.78 is 0. The van der Waals surface area contributed by atoms with Crippen molar-refractivity contribution in [3.63, 3.8) is 0 Å². The van der Waals surface area contributed by atoms with Gasteiger partial charge in [-0.15, -0.1) is 0 Å². The molecule has 3 rings (SSSR count). The number of aryl methyl sites for hydroxylation is 1. The Morgan fingerprint density at radius 3 is 2.65 bits per heavy atom. The van der Waals surface area contributed by atoms with Crippen LogP contribution in [0.5, 0.6) is 0 Å². The number of benzene rings is 1. The van der Waals surface area contributed by atoms with Gasteiger partial charge in [-0.1, -0.05) is 18.7 Å². The molecule has 6 nitrogen and oxygen atoms in total. The number of pyridine rings is 1. The van der Waals surface area contributed by atoms with E-state index in [2.05, 4.69) is 58.1 Å². The lowest BCUT2D eigenvalue weighted by Crippen LogP contribution is -2.20. The first-order valence-corrected chi connectivity index (χ1v) is 8.54. The molecule has 134 valence electrons. The number of hydrogen-bond donors (Lipinski definition) is 3. The normalized spacial score (nSPS) is 11.0. The van der Waals surface area contributed by atoms with E-state index >= 15 is 0 Å². The van der Waals surface area contributed by atoms with Crippen molar-refractivity contribution in [2.45, 2.75) is 26.8 Å². The SMILES string of the molecule is C=C(NC(C)C)c1ccc(C)c(-c2nc(NC)nc3[nH]c(=O)ccc23)c1. The van der Waals surface area contributed by atoms with Crippen LogP contribution in [-0.2, 0) is 0 Å². The molecule has 0 aliphatic rings. The van der Waals surface area contributed by atoms with Crippen LogP contribution < -0.4 is 16.2 Å². The Bertz CT molecular complexity index is 1040. The molecular formula is C20H23N5O. The zero-order valence-electron chi connectivity index (χ0n) is 15.5. The van der Waals surface area contributed by atoms with Crippen LogP contribution in [0.3, 0.4) is 0 Å². The second kappa shape index (κ2) is 7.00. The number of nitrogens with one attached hydrogen (secondary N) is 3. The predicted octanol–water partition coefficient (Wildman–Crippen LogP) is 3.30. The lowest BCUT2D eigenvalue weighted by Gasteiger charge is -2.16. The van der Waals surface area contributed by atoms with Crippen LogP contribution in [0.2, 0.25) is 0 Å². The van der Waals surface area contributed by atoms with E-state index in [1.165, 1.54) is 6.07 Å². The standard InChI is InChI=1S/C20H23N5O/c1-11(2)22-13(4)14-7-6-12(3)16(10-14)18-15-8-9-17(26)23-19(15)25-20(21-5)24-18/h6-11,22H,4H2,1-3,5H3,(H2,21,23,24,25,26). The lowest BCUT2D eigenvalue weighted by atomic mass is 9.99. The second-order valence-electron chi connectivity index (χ2n) is 6.54. The summed E-state index contributed by atoms with van der Waals surface area (Å²) in [7, 11) is 1.75. The highest BCUT2D eigenvalue weighted by atomic mass is 16.1. The fourth-order valence-corrected chi connectivity index (χ4v) is 2.85. The third-order valence-electron chi connectivity index (χ3n) is 4.12. The zero-order valence-corrected chi connectivity index (χ0v) is 15.5. The van der Waals surface area contributed by atoms with E-state index in [0.717, 1.165) is 33.5 Å². The molecule has 3 aromatic rings. The molecule has 0 saturated carbocycles. The van der Waals surface area contributed by atoms with Crippen LogP contribution in [0.1, 0.15) is 25.0 Å². The Hall–Kier alpha value is -3.15. The maximum Gasteiger partial charge on any atom is 0.249 e. The van der Waals surface area contributed by atoms with Crippen molar-refractivity contribution in [3.8, 4) is 11.3 Å². The van der Waals surface area contributed by atoms with Crippen molar-refractivity contribution in [1.82, 2.24) is 20.3 Å². The predicted molar refractivity (Wildman–Crippen MR) is 107 cm³/mol. The van der Waals surface area contributed by atoms with Crippen molar-refractivity contribution < 1.29 is 0 Å². The van der Waals surface area contributed by atoms with Gasteiger partial charge in [-0.25, -0.2) is 4.98 Å². The van der Waals surface area contributed by atoms with Gasteiger partial charge in [0.1, 0.15) is 5.65 Å². The summed E-state index contributed by atoms with van der Waals surface area (Å²) in [6.45, 7) is 10.3. The summed E-state index contributed by atoms with van der Waals surface area (Å²) in [5.41, 5.74) is 5.01. The summed E-state index contributed by atoms with van der Waals surface area (Å²) in [5, 5.41) is 7.09. The molecule has 1 aromatic carbocycles. The molecule has 3 N–H and O–H groups in total. The first-order valence-electron chi connectivity index (χ1n) is 8.54. The first-order chi connectivity index (χ1) is 12.4. The van der Waals surface area contributed by atoms with Crippen LogP contribution >= 0.6 is 0 Å². The largest absolute Gasteiger partial charge is 0.383 e. The summed E-state index contributed by atoms with van der Waals surface area (Å²) in [6, 6.07) is 9.72. The van der Waals surface area contributed by atoms with Gasteiger partial charge < -0.3 is 15.6 Å². The molecule has 26 heavy (non-hydrogen) atoms. The number of anilines is 1. The van der Waals surface area contributed by atoms with Gasteiger partial charge in [0, 0.05) is 35.8 Å². The fraction of sp³-hybridized carbons (Fsp3) is 0.250. The van der Waals surface area contributed by atoms with Crippen molar-refractivity contribution >= 4 is 22.7 Å². The quantitative estimate of drug-likeness (QED) is 0.658. The van der Waals surface area contributed by atoms with E-state index in [1.807, 2.05) is 13.0 Å². The van der Waals surface area contributed by atoms with Crippen molar-refractivity contribution in [2.24, 2.45) is 0 Å². The Labute approximate surface area is 152 Å². The average Bonchev–Trinajstić information content (AvgIpc) is 2.60. The maximum absolute atomic E-state index is 11.7. The molecule has 0 amide bonds. The summed E-state index contributed by atoms with van der Waals surface area (Å²) in [6.07, 6.45) is 0. The molecule has 0 fully saturated rings. The minimum Gasteiger partial charge on any atom is -0.383 e. The van der Waals surface area contributed by atoms with Crippen LogP contribution in [0, 0.1) is 6.92 Å². The lowest BCUT2D eigenvalue weighted by molar-refractivity contribution is 0.718. The average molecular weight is 349 g/mol. The minimum atomic E-state index is -0.191. The van der Waals surface area contributed by atoms with Crippen LogP contribution in [0.25, 0.3) is 28.0 Å². The van der Waals surface area contributed by atoms with Gasteiger partial charge in [0.15, 0.2) is 0 Å². The zero-order chi connectivity index (χ0) is 18.8. The number of hydrogen-bond acceptors (Lipinski definition) is 5. The van der Waals surface area contributed by atoms with Crippen molar-refractivity contribution in [1.29, 1.82) is 0 Å². The molecule has 0 spiro atoms. The molecular weight excluding hydrogens is 326 g/mol. The second-order valence-corrected chi connectivity index (χ2v) is 6.54. The molecule has 0 unspecified atom stereocenters. The van der Waals surface area contributed by atoms with Gasteiger partial charge in [0.05, 0.1) is 5.69 Å². The number of aromatic amines is 1. The molecule has 0 aliphatic carbocycles. The molecule has 0 bridgehead atoms. The minimum absolute atomic E-state index is 0.191. The Balaban J connectivity index is 2.22. The van der Waals surface area contributed by atoms with E-state index in [9.17, 15) is 4.79 Å². The van der Waals surface area contributed by atoms with Gasteiger partial charge in [-0.3, -0.25) is 4.79 Å². The number of nitrogens with zero attached hydrogens (tertiary/aromatic N) is 2. The van der Waals surface area contributed by atoms with Crippen molar-refractivity contribution in [3.05, 3.63) is 58.4 Å².